The van der Waals surface area contributed by atoms with E-state index in [4.69, 9.17) is 0 Å². The van der Waals surface area contributed by atoms with E-state index in [1.807, 2.05) is 0 Å². The van der Waals surface area contributed by atoms with E-state index in [0.29, 0.717) is 0 Å². The smallest absolute Gasteiger partial charge is 0.105 e. The van der Waals surface area contributed by atoms with E-state index in [-0.39, 0.29) is 0 Å². The van der Waals surface area contributed by atoms with Crippen molar-refractivity contribution < 1.29 is 8.97 Å². The topological polar surface area (TPSA) is 0 Å². The molecule has 0 aliphatic carbocycles. The molecule has 1 aromatic carbocycles. The largest absolute Gasteiger partial charge is 0.317 e. The van der Waals surface area contributed by atoms with Crippen LogP contribution in [0.4, 0.5) is 0 Å². The number of benzene rings is 1. The predicted molar refractivity (Wildman–Crippen MR) is 107 cm³/mol. The number of likely N-dealkylation sites (N-methyl/N-ethyl adjacent to an activating group) is 2. The van der Waals surface area contributed by atoms with E-state index in [0.717, 1.165) is 61.3 Å². The Morgan fingerprint density at radius 2 is 0.958 bits per heavy atom. The van der Waals surface area contributed by atoms with Crippen LogP contribution in [0.3, 0.4) is 0 Å². The molecule has 0 atom stereocenters. The highest BCUT2D eigenvalue weighted by molar-refractivity contribution is 5.21. The van der Waals surface area contributed by atoms with E-state index in [9.17, 15) is 0 Å². The molecule has 0 amide bonds. The van der Waals surface area contributed by atoms with E-state index < -0.39 is 0 Å². The summed E-state index contributed by atoms with van der Waals surface area (Å²) in [4.78, 5) is 0. The van der Waals surface area contributed by atoms with Crippen LogP contribution in [0, 0.1) is 0 Å². The fraction of sp³-hybridized carbons (Fsp3) is 0.545. The molecule has 0 unspecified atom stereocenters. The monoisotopic (exact) mass is 330 g/mol. The molecule has 0 radical (unpaired) electrons. The van der Waals surface area contributed by atoms with E-state index in [2.05, 4.69) is 77.3 Å². The quantitative estimate of drug-likeness (QED) is 0.382. The van der Waals surface area contributed by atoms with Crippen LogP contribution in [-0.2, 0) is 13.1 Å². The second kappa shape index (κ2) is 9.80. The number of nitrogens with zero attached hydrogens (tertiary/aromatic N) is 2. The van der Waals surface area contributed by atoms with Crippen LogP contribution in [0.5, 0.6) is 0 Å². The number of rotatable bonds is 12. The average Bonchev–Trinajstić information content (AvgIpc) is 2.62. The van der Waals surface area contributed by atoms with Crippen LogP contribution in [-0.4, -0.2) is 48.2 Å². The van der Waals surface area contributed by atoms with Gasteiger partial charge in [-0.05, 0) is 39.8 Å². The van der Waals surface area contributed by atoms with Crippen molar-refractivity contribution >= 4 is 0 Å². The Bertz CT molecular complexity index is 446. The summed E-state index contributed by atoms with van der Waals surface area (Å²) in [5.74, 6) is 0. The van der Waals surface area contributed by atoms with Gasteiger partial charge in [0.05, 0.1) is 39.3 Å². The lowest BCUT2D eigenvalue weighted by Gasteiger charge is -2.37. The van der Waals surface area contributed by atoms with Crippen molar-refractivity contribution in [3.63, 3.8) is 0 Å². The Labute approximate surface area is 150 Å². The van der Waals surface area contributed by atoms with Gasteiger partial charge in [0.1, 0.15) is 13.1 Å². The first-order valence-electron chi connectivity index (χ1n) is 9.52. The zero-order valence-electron chi connectivity index (χ0n) is 16.4. The minimum absolute atomic E-state index is 1.04. The minimum atomic E-state index is 1.04. The Kier molecular flexibility index (Phi) is 8.44. The van der Waals surface area contributed by atoms with Crippen LogP contribution in [0.1, 0.15) is 38.8 Å². The lowest BCUT2D eigenvalue weighted by Crippen LogP contribution is -2.47. The molecule has 134 valence electrons. The Morgan fingerprint density at radius 3 is 1.17 bits per heavy atom. The maximum Gasteiger partial charge on any atom is 0.105 e. The minimum Gasteiger partial charge on any atom is -0.317 e. The fourth-order valence-electron chi connectivity index (χ4n) is 3.61. The van der Waals surface area contributed by atoms with Crippen molar-refractivity contribution in [2.75, 3.05) is 39.3 Å². The fourth-order valence-corrected chi connectivity index (χ4v) is 3.61. The summed E-state index contributed by atoms with van der Waals surface area (Å²) in [6, 6.07) is 9.30. The molecular formula is C22H38N2+2. The van der Waals surface area contributed by atoms with Crippen molar-refractivity contribution in [3.8, 4) is 0 Å². The highest BCUT2D eigenvalue weighted by Gasteiger charge is 2.23. The molecule has 0 N–H and O–H groups in total. The predicted octanol–water partition coefficient (Wildman–Crippen LogP) is 4.77. The van der Waals surface area contributed by atoms with Gasteiger partial charge in [-0.1, -0.05) is 37.4 Å². The van der Waals surface area contributed by atoms with Crippen molar-refractivity contribution in [2.45, 2.75) is 40.8 Å². The van der Waals surface area contributed by atoms with Gasteiger partial charge in [0.25, 0.3) is 0 Å². The Hall–Kier alpha value is -1.38. The van der Waals surface area contributed by atoms with E-state index >= 15 is 0 Å². The average molecular weight is 331 g/mol. The van der Waals surface area contributed by atoms with Gasteiger partial charge < -0.3 is 8.97 Å². The molecule has 0 saturated carbocycles. The van der Waals surface area contributed by atoms with Gasteiger partial charge >= 0.3 is 0 Å². The summed E-state index contributed by atoms with van der Waals surface area (Å²) in [6.07, 6.45) is 4.12. The lowest BCUT2D eigenvalue weighted by atomic mass is 10.1. The van der Waals surface area contributed by atoms with Gasteiger partial charge in [0.2, 0.25) is 0 Å². The molecule has 2 nitrogen and oxygen atoms in total. The molecule has 2 heteroatoms. The van der Waals surface area contributed by atoms with Crippen LogP contribution in [0.15, 0.2) is 49.6 Å². The molecule has 0 saturated heterocycles. The van der Waals surface area contributed by atoms with Gasteiger partial charge in [-0.15, -0.1) is 0 Å². The zero-order chi connectivity index (χ0) is 18.1. The third-order valence-corrected chi connectivity index (χ3v) is 5.78. The standard InChI is InChI=1S/C22H38N2/c1-7-17-23(9-3,10-4)19-21-13-15-22(16-14-21)20-24(11-5,12-6)18-8-2/h7-8,13-16H,1-2,9-12,17-20H2,3-6H3/q+2. The van der Waals surface area contributed by atoms with Crippen LogP contribution in [0.25, 0.3) is 0 Å². The second-order valence-corrected chi connectivity index (χ2v) is 7.02. The lowest BCUT2D eigenvalue weighted by molar-refractivity contribution is -0.932. The van der Waals surface area contributed by atoms with Crippen molar-refractivity contribution in [1.29, 1.82) is 0 Å². The van der Waals surface area contributed by atoms with Crippen LogP contribution < -0.4 is 0 Å². The molecule has 0 aliphatic rings. The molecule has 0 heterocycles. The Balaban J connectivity index is 2.88. The summed E-state index contributed by atoms with van der Waals surface area (Å²) >= 11 is 0. The molecule has 1 aromatic rings. The third-order valence-electron chi connectivity index (χ3n) is 5.78. The Morgan fingerprint density at radius 1 is 0.667 bits per heavy atom. The molecule has 0 bridgehead atoms. The number of hydrogen-bond donors (Lipinski definition) is 0. The van der Waals surface area contributed by atoms with Crippen molar-refractivity contribution in [1.82, 2.24) is 0 Å². The molecule has 24 heavy (non-hydrogen) atoms. The van der Waals surface area contributed by atoms with Gasteiger partial charge in [0, 0.05) is 11.1 Å². The first-order valence-corrected chi connectivity index (χ1v) is 9.52. The maximum atomic E-state index is 3.95. The molecule has 0 fully saturated rings. The molecular weight excluding hydrogens is 292 g/mol. The number of hydrogen-bond acceptors (Lipinski definition) is 0. The summed E-state index contributed by atoms with van der Waals surface area (Å²) in [6.45, 7) is 25.9. The normalized spacial score (nSPS) is 12.2. The first-order chi connectivity index (χ1) is 11.5. The molecule has 0 aliphatic heterocycles. The highest BCUT2D eigenvalue weighted by atomic mass is 15.3. The van der Waals surface area contributed by atoms with Gasteiger partial charge in [-0.3, -0.25) is 0 Å². The third kappa shape index (κ3) is 5.32. The van der Waals surface area contributed by atoms with Crippen LogP contribution >= 0.6 is 0 Å². The van der Waals surface area contributed by atoms with Gasteiger partial charge in [-0.25, -0.2) is 0 Å². The molecule has 1 rings (SSSR count). The van der Waals surface area contributed by atoms with Gasteiger partial charge in [0.15, 0.2) is 0 Å². The van der Waals surface area contributed by atoms with Gasteiger partial charge in [-0.2, -0.15) is 0 Å². The summed E-state index contributed by atoms with van der Waals surface area (Å²) < 4.78 is 2.17. The number of quaternary nitrogens is 2. The zero-order valence-corrected chi connectivity index (χ0v) is 16.4. The molecule has 0 spiro atoms. The first kappa shape index (κ1) is 20.7. The van der Waals surface area contributed by atoms with Crippen molar-refractivity contribution in [2.24, 2.45) is 0 Å². The maximum absolute atomic E-state index is 3.95. The highest BCUT2D eigenvalue weighted by Crippen LogP contribution is 2.18. The second-order valence-electron chi connectivity index (χ2n) is 7.02. The molecule has 0 aromatic heterocycles. The summed E-state index contributed by atoms with van der Waals surface area (Å²) in [7, 11) is 0. The SMILES string of the molecule is C=CC[N+](CC)(CC)Cc1ccc(C[N+](CC)(CC)CC=C)cc1. The summed E-state index contributed by atoms with van der Waals surface area (Å²) in [5.41, 5.74) is 2.86. The van der Waals surface area contributed by atoms with Crippen molar-refractivity contribution in [3.05, 3.63) is 60.7 Å². The summed E-state index contributed by atoms with van der Waals surface area (Å²) in [5, 5.41) is 0. The van der Waals surface area contributed by atoms with E-state index in [1.165, 1.54) is 11.1 Å². The van der Waals surface area contributed by atoms with Crippen LogP contribution in [0.2, 0.25) is 0 Å². The van der Waals surface area contributed by atoms with E-state index in [1.54, 1.807) is 0 Å².